The molecule has 0 saturated carbocycles. The number of halogens is 1. The Hall–Kier alpha value is -3.52. The third kappa shape index (κ3) is 3.68. The number of hydrogen-bond donors (Lipinski definition) is 2. The van der Waals surface area contributed by atoms with E-state index in [1.165, 1.54) is 7.11 Å². The van der Waals surface area contributed by atoms with Gasteiger partial charge in [0.1, 0.15) is 22.8 Å². The van der Waals surface area contributed by atoms with Crippen molar-refractivity contribution in [3.63, 3.8) is 0 Å². The number of ether oxygens (including phenoxy) is 1. The lowest BCUT2D eigenvalue weighted by atomic mass is 9.95. The Morgan fingerprint density at radius 3 is 2.79 bits per heavy atom. The average Bonchev–Trinajstić information content (AvgIpc) is 2.84. The van der Waals surface area contributed by atoms with Crippen LogP contribution in [0.3, 0.4) is 0 Å². The fourth-order valence-electron chi connectivity index (χ4n) is 4.87. The number of phenolic OH excluding ortho intramolecular Hbond substituents is 1. The van der Waals surface area contributed by atoms with Crippen molar-refractivity contribution in [3.05, 3.63) is 47.9 Å². The molecule has 0 radical (unpaired) electrons. The number of aliphatic hydroxyl groups excluding tert-OH is 1. The molecule has 2 aromatic carbocycles. The van der Waals surface area contributed by atoms with Gasteiger partial charge in [-0.1, -0.05) is 25.1 Å². The van der Waals surface area contributed by atoms with Crippen molar-refractivity contribution in [1.82, 2.24) is 15.0 Å². The molecule has 34 heavy (non-hydrogen) atoms. The van der Waals surface area contributed by atoms with Gasteiger partial charge in [-0.05, 0) is 54.7 Å². The maximum Gasteiger partial charge on any atom is 0.318 e. The minimum absolute atomic E-state index is 0.0362. The predicted molar refractivity (Wildman–Crippen MR) is 130 cm³/mol. The molecule has 1 fully saturated rings. The van der Waals surface area contributed by atoms with E-state index >= 15 is 4.39 Å². The summed E-state index contributed by atoms with van der Waals surface area (Å²) in [7, 11) is 1.44. The predicted octanol–water partition coefficient (Wildman–Crippen LogP) is 4.61. The fraction of sp³-hybridized carbons (Fsp3) is 0.346. The van der Waals surface area contributed by atoms with Crippen LogP contribution in [0.1, 0.15) is 32.3 Å². The van der Waals surface area contributed by atoms with Gasteiger partial charge in [0.2, 0.25) is 0 Å². The van der Waals surface area contributed by atoms with Gasteiger partial charge in [0.25, 0.3) is 0 Å². The number of anilines is 1. The van der Waals surface area contributed by atoms with Crippen molar-refractivity contribution in [2.24, 2.45) is 0 Å². The highest BCUT2D eigenvalue weighted by atomic mass is 19.1. The minimum atomic E-state index is -0.609. The van der Waals surface area contributed by atoms with E-state index in [4.69, 9.17) is 4.74 Å². The molecule has 5 rings (SSSR count). The summed E-state index contributed by atoms with van der Waals surface area (Å²) in [6, 6.07) is 9.17. The summed E-state index contributed by atoms with van der Waals surface area (Å²) < 4.78 is 21.4. The second kappa shape index (κ2) is 8.68. The number of aryl methyl sites for hydroxylation is 1. The number of benzene rings is 2. The number of pyridine rings is 1. The van der Waals surface area contributed by atoms with Crippen molar-refractivity contribution >= 4 is 27.5 Å². The Bertz CT molecular complexity index is 1390. The lowest BCUT2D eigenvalue weighted by Crippen LogP contribution is -2.44. The summed E-state index contributed by atoms with van der Waals surface area (Å²) >= 11 is 0. The van der Waals surface area contributed by atoms with Gasteiger partial charge in [-0.2, -0.15) is 9.97 Å². The average molecular weight is 463 g/mol. The summed E-state index contributed by atoms with van der Waals surface area (Å²) in [5, 5.41) is 22.7. The Morgan fingerprint density at radius 1 is 1.21 bits per heavy atom. The molecule has 8 heteroatoms. The van der Waals surface area contributed by atoms with Crippen molar-refractivity contribution in [1.29, 1.82) is 0 Å². The van der Waals surface area contributed by atoms with E-state index in [0.29, 0.717) is 29.7 Å². The van der Waals surface area contributed by atoms with E-state index in [1.54, 1.807) is 18.3 Å². The molecule has 0 aliphatic carbocycles. The quantitative estimate of drug-likeness (QED) is 0.458. The molecule has 1 aliphatic heterocycles. The molecule has 0 amide bonds. The summed E-state index contributed by atoms with van der Waals surface area (Å²) in [4.78, 5) is 15.3. The zero-order chi connectivity index (χ0) is 24.0. The number of hydrogen-bond acceptors (Lipinski definition) is 7. The van der Waals surface area contributed by atoms with Gasteiger partial charge >= 0.3 is 6.01 Å². The Kier molecular flexibility index (Phi) is 5.69. The Balaban J connectivity index is 1.77. The molecule has 1 aliphatic rings. The zero-order valence-corrected chi connectivity index (χ0v) is 19.4. The van der Waals surface area contributed by atoms with Crippen LogP contribution in [0.2, 0.25) is 0 Å². The van der Waals surface area contributed by atoms with E-state index in [-0.39, 0.29) is 29.0 Å². The standard InChI is InChI=1S/C26H27FN4O3/c1-4-15-6-5-7-16-10-18(33)11-19(21(15)16)23-22(27)24-20(12-28-23)25(30-26(29-24)34-3)31-13-17(32)9-8-14(31)2/h5-7,10-12,14,17,32-33H,4,8-9,13H2,1-3H3/t14?,17-/m0/s1. The summed E-state index contributed by atoms with van der Waals surface area (Å²) in [6.45, 7) is 4.47. The third-order valence-electron chi connectivity index (χ3n) is 6.64. The van der Waals surface area contributed by atoms with Gasteiger partial charge in [-0.15, -0.1) is 0 Å². The molecule has 2 aromatic heterocycles. The van der Waals surface area contributed by atoms with Gasteiger partial charge < -0.3 is 19.8 Å². The van der Waals surface area contributed by atoms with Gasteiger partial charge in [0.05, 0.1) is 18.6 Å². The minimum Gasteiger partial charge on any atom is -0.508 e. The number of aliphatic hydroxyl groups is 1. The number of β-amino-alcohol motifs (C(OH)–C–C–N with tert-alkyl or cyclic N) is 1. The summed E-state index contributed by atoms with van der Waals surface area (Å²) in [6.07, 6.45) is 3.33. The number of piperidine rings is 1. The Morgan fingerprint density at radius 2 is 2.03 bits per heavy atom. The van der Waals surface area contributed by atoms with Crippen molar-refractivity contribution < 1.29 is 19.3 Å². The van der Waals surface area contributed by atoms with Crippen LogP contribution >= 0.6 is 0 Å². The van der Waals surface area contributed by atoms with E-state index in [1.807, 2.05) is 30.0 Å². The number of methoxy groups -OCH3 is 1. The highest BCUT2D eigenvalue weighted by Gasteiger charge is 2.29. The number of nitrogens with zero attached hydrogens (tertiary/aromatic N) is 4. The van der Waals surface area contributed by atoms with Crippen LogP contribution < -0.4 is 9.64 Å². The molecule has 2 atom stereocenters. The third-order valence-corrected chi connectivity index (χ3v) is 6.64. The topological polar surface area (TPSA) is 91.6 Å². The number of fused-ring (bicyclic) bond motifs is 2. The molecule has 4 aromatic rings. The first-order valence-corrected chi connectivity index (χ1v) is 11.5. The normalized spacial score (nSPS) is 18.6. The van der Waals surface area contributed by atoms with Crippen LogP contribution in [-0.2, 0) is 6.42 Å². The van der Waals surface area contributed by atoms with Crippen LogP contribution in [0.15, 0.2) is 36.5 Å². The van der Waals surface area contributed by atoms with Crippen LogP contribution in [0.4, 0.5) is 10.2 Å². The number of aromatic hydroxyl groups is 1. The van der Waals surface area contributed by atoms with Crippen molar-refractivity contribution in [3.8, 4) is 23.0 Å². The second-order valence-electron chi connectivity index (χ2n) is 8.81. The highest BCUT2D eigenvalue weighted by Crippen LogP contribution is 2.39. The molecule has 7 nitrogen and oxygen atoms in total. The molecule has 0 spiro atoms. The first-order chi connectivity index (χ1) is 16.4. The maximum absolute atomic E-state index is 16.1. The van der Waals surface area contributed by atoms with E-state index in [0.717, 1.165) is 29.2 Å². The molecule has 2 N–H and O–H groups in total. The summed E-state index contributed by atoms with van der Waals surface area (Å²) in [5.74, 6) is -0.0855. The zero-order valence-electron chi connectivity index (χ0n) is 19.4. The van der Waals surface area contributed by atoms with Gasteiger partial charge in [0, 0.05) is 24.3 Å². The molecule has 1 unspecified atom stereocenters. The molecule has 176 valence electrons. The monoisotopic (exact) mass is 462 g/mol. The SMILES string of the molecule is CCc1cccc2cc(O)cc(-c3ncc4c(N5C[C@@H](O)CCC5C)nc(OC)nc4c3F)c12. The van der Waals surface area contributed by atoms with Crippen LogP contribution in [0.5, 0.6) is 11.8 Å². The van der Waals surface area contributed by atoms with E-state index < -0.39 is 11.9 Å². The van der Waals surface area contributed by atoms with E-state index in [9.17, 15) is 10.2 Å². The summed E-state index contributed by atoms with van der Waals surface area (Å²) in [5.41, 5.74) is 1.73. The maximum atomic E-state index is 16.1. The lowest BCUT2D eigenvalue weighted by Gasteiger charge is -2.37. The molecular formula is C26H27FN4O3. The molecule has 0 bridgehead atoms. The van der Waals surface area contributed by atoms with Gasteiger partial charge in [-0.3, -0.25) is 4.98 Å². The fourth-order valence-corrected chi connectivity index (χ4v) is 4.87. The van der Waals surface area contributed by atoms with Crippen LogP contribution in [0, 0.1) is 5.82 Å². The van der Waals surface area contributed by atoms with E-state index in [2.05, 4.69) is 21.9 Å². The van der Waals surface area contributed by atoms with Gasteiger partial charge in [-0.25, -0.2) is 4.39 Å². The largest absolute Gasteiger partial charge is 0.508 e. The number of phenols is 1. The van der Waals surface area contributed by atoms with Crippen molar-refractivity contribution in [2.45, 2.75) is 45.3 Å². The van der Waals surface area contributed by atoms with Gasteiger partial charge in [0.15, 0.2) is 5.82 Å². The van der Waals surface area contributed by atoms with Crippen LogP contribution in [0.25, 0.3) is 32.9 Å². The number of aromatic nitrogens is 3. The van der Waals surface area contributed by atoms with Crippen LogP contribution in [-0.4, -0.2) is 51.0 Å². The van der Waals surface area contributed by atoms with Crippen molar-refractivity contribution in [2.75, 3.05) is 18.6 Å². The molecular weight excluding hydrogens is 435 g/mol. The molecule has 3 heterocycles. The Labute approximate surface area is 196 Å². The first-order valence-electron chi connectivity index (χ1n) is 11.5. The first kappa shape index (κ1) is 22.3. The smallest absolute Gasteiger partial charge is 0.318 e. The lowest BCUT2D eigenvalue weighted by molar-refractivity contribution is 0.144. The highest BCUT2D eigenvalue weighted by molar-refractivity contribution is 6.01. The molecule has 1 saturated heterocycles. The number of rotatable bonds is 4. The second-order valence-corrected chi connectivity index (χ2v) is 8.81.